The molecule has 1 heterocycles. The Kier molecular flexibility index (Phi) is 6.57. The number of benzene rings is 2. The van der Waals surface area contributed by atoms with Crippen LogP contribution in [0.25, 0.3) is 0 Å². The van der Waals surface area contributed by atoms with Crippen molar-refractivity contribution in [2.45, 2.75) is 13.0 Å². The first-order valence-corrected chi connectivity index (χ1v) is 9.59. The molecule has 0 bridgehead atoms. The van der Waals surface area contributed by atoms with Gasteiger partial charge in [0.25, 0.3) is 5.91 Å². The minimum absolute atomic E-state index is 0.0819. The molecule has 0 aliphatic rings. The van der Waals surface area contributed by atoms with Crippen LogP contribution in [0.1, 0.15) is 26.6 Å². The van der Waals surface area contributed by atoms with Crippen molar-refractivity contribution in [1.29, 1.82) is 0 Å². The van der Waals surface area contributed by atoms with Crippen LogP contribution in [-0.2, 0) is 13.0 Å². The summed E-state index contributed by atoms with van der Waals surface area (Å²) in [5, 5.41) is 12.0. The number of rotatable bonds is 8. The van der Waals surface area contributed by atoms with Gasteiger partial charge < -0.3 is 14.7 Å². The maximum Gasteiger partial charge on any atom is 0.273 e. The molecule has 0 aliphatic heterocycles. The third-order valence-corrected chi connectivity index (χ3v) is 5.01. The molecule has 0 atom stereocenters. The summed E-state index contributed by atoms with van der Waals surface area (Å²) in [5.41, 5.74) is 2.56. The maximum absolute atomic E-state index is 12.8. The van der Waals surface area contributed by atoms with E-state index in [9.17, 15) is 9.90 Å². The van der Waals surface area contributed by atoms with E-state index in [1.807, 2.05) is 54.6 Å². The highest BCUT2D eigenvalue weighted by atomic mass is 32.1. The number of aliphatic hydroxyl groups is 1. The Balaban J connectivity index is 1.69. The molecule has 3 rings (SSSR count). The van der Waals surface area contributed by atoms with Crippen molar-refractivity contribution in [3.63, 3.8) is 0 Å². The van der Waals surface area contributed by atoms with E-state index < -0.39 is 0 Å². The zero-order chi connectivity index (χ0) is 19.1. The summed E-state index contributed by atoms with van der Waals surface area (Å²) < 4.78 is 5.17. The average molecular weight is 382 g/mol. The van der Waals surface area contributed by atoms with Crippen molar-refractivity contribution in [3.05, 3.63) is 81.8 Å². The fraction of sp³-hybridized carbons (Fsp3) is 0.238. The van der Waals surface area contributed by atoms with E-state index in [4.69, 9.17) is 4.74 Å². The Bertz CT molecular complexity index is 863. The van der Waals surface area contributed by atoms with Gasteiger partial charge in [0.15, 0.2) is 0 Å². The molecule has 1 aromatic heterocycles. The van der Waals surface area contributed by atoms with Crippen molar-refractivity contribution in [2.24, 2.45) is 0 Å². The molecule has 5 nitrogen and oxygen atoms in total. The van der Waals surface area contributed by atoms with E-state index >= 15 is 0 Å². The standard InChI is InChI=1S/C21H22N2O3S/c1-26-18-9-7-16(8-10-18)13-20-22-19(15-27-20)21(25)23(11-12-24)14-17-5-3-2-4-6-17/h2-10,15,24H,11-14H2,1H3. The summed E-state index contributed by atoms with van der Waals surface area (Å²) in [6, 6.07) is 17.6. The molecule has 0 saturated carbocycles. The van der Waals surface area contributed by atoms with Gasteiger partial charge in [-0.3, -0.25) is 4.79 Å². The van der Waals surface area contributed by atoms with E-state index in [1.165, 1.54) is 11.3 Å². The highest BCUT2D eigenvalue weighted by Crippen LogP contribution is 2.19. The van der Waals surface area contributed by atoms with Crippen LogP contribution in [0, 0.1) is 0 Å². The Morgan fingerprint density at radius 1 is 1.11 bits per heavy atom. The largest absolute Gasteiger partial charge is 0.497 e. The van der Waals surface area contributed by atoms with Crippen LogP contribution in [0.15, 0.2) is 60.0 Å². The molecule has 0 radical (unpaired) electrons. The average Bonchev–Trinajstić information content (AvgIpc) is 3.17. The predicted octanol–water partition coefficient (Wildman–Crippen LogP) is 3.38. The van der Waals surface area contributed by atoms with Gasteiger partial charge in [0.1, 0.15) is 11.4 Å². The van der Waals surface area contributed by atoms with E-state index in [0.29, 0.717) is 18.7 Å². The molecule has 0 aliphatic carbocycles. The third kappa shape index (κ3) is 5.15. The summed E-state index contributed by atoms with van der Waals surface area (Å²) in [7, 11) is 1.64. The number of thiazole rings is 1. The van der Waals surface area contributed by atoms with Gasteiger partial charge in [-0.05, 0) is 23.3 Å². The minimum atomic E-state index is -0.162. The van der Waals surface area contributed by atoms with E-state index in [2.05, 4.69) is 4.98 Å². The molecule has 0 spiro atoms. The number of methoxy groups -OCH3 is 1. The molecule has 3 aromatic rings. The van der Waals surface area contributed by atoms with Crippen molar-refractivity contribution in [3.8, 4) is 5.75 Å². The molecule has 6 heteroatoms. The molecule has 27 heavy (non-hydrogen) atoms. The number of nitrogens with zero attached hydrogens (tertiary/aromatic N) is 2. The van der Waals surface area contributed by atoms with Crippen LogP contribution in [0.3, 0.4) is 0 Å². The van der Waals surface area contributed by atoms with Gasteiger partial charge in [0, 0.05) is 24.9 Å². The first-order chi connectivity index (χ1) is 13.2. The number of hydrogen-bond acceptors (Lipinski definition) is 5. The zero-order valence-electron chi connectivity index (χ0n) is 15.2. The number of aromatic nitrogens is 1. The fourth-order valence-corrected chi connectivity index (χ4v) is 3.55. The zero-order valence-corrected chi connectivity index (χ0v) is 16.0. The van der Waals surface area contributed by atoms with Crippen molar-refractivity contribution >= 4 is 17.2 Å². The van der Waals surface area contributed by atoms with Crippen molar-refractivity contribution < 1.29 is 14.6 Å². The molecular weight excluding hydrogens is 360 g/mol. The quantitative estimate of drug-likeness (QED) is 0.649. The molecule has 1 N–H and O–H groups in total. The lowest BCUT2D eigenvalue weighted by atomic mass is 10.1. The fourth-order valence-electron chi connectivity index (χ4n) is 2.75. The minimum Gasteiger partial charge on any atom is -0.497 e. The molecule has 0 fully saturated rings. The Morgan fingerprint density at radius 2 is 1.85 bits per heavy atom. The summed E-state index contributed by atoms with van der Waals surface area (Å²) in [5.74, 6) is 0.652. The molecule has 140 valence electrons. The summed E-state index contributed by atoms with van der Waals surface area (Å²) >= 11 is 1.47. The molecular formula is C21H22N2O3S. The van der Waals surface area contributed by atoms with Gasteiger partial charge >= 0.3 is 0 Å². The SMILES string of the molecule is COc1ccc(Cc2nc(C(=O)N(CCO)Cc3ccccc3)cs2)cc1. The lowest BCUT2D eigenvalue weighted by molar-refractivity contribution is 0.0702. The first kappa shape index (κ1) is 19.1. The van der Waals surface area contributed by atoms with Gasteiger partial charge in [-0.1, -0.05) is 42.5 Å². The van der Waals surface area contributed by atoms with Crippen molar-refractivity contribution in [1.82, 2.24) is 9.88 Å². The van der Waals surface area contributed by atoms with Gasteiger partial charge in [-0.15, -0.1) is 11.3 Å². The van der Waals surface area contributed by atoms with Crippen molar-refractivity contribution in [2.75, 3.05) is 20.3 Å². The monoisotopic (exact) mass is 382 g/mol. The summed E-state index contributed by atoms with van der Waals surface area (Å²) in [6.45, 7) is 0.645. The Morgan fingerprint density at radius 3 is 2.52 bits per heavy atom. The lowest BCUT2D eigenvalue weighted by Crippen LogP contribution is -2.33. The number of aliphatic hydroxyl groups excluding tert-OH is 1. The van der Waals surface area contributed by atoms with Crippen LogP contribution in [0.5, 0.6) is 5.75 Å². The third-order valence-electron chi connectivity index (χ3n) is 4.16. The first-order valence-electron chi connectivity index (χ1n) is 8.71. The highest BCUT2D eigenvalue weighted by Gasteiger charge is 2.19. The Labute approximate surface area is 162 Å². The highest BCUT2D eigenvalue weighted by molar-refractivity contribution is 7.09. The lowest BCUT2D eigenvalue weighted by Gasteiger charge is -2.20. The second kappa shape index (κ2) is 9.30. The van der Waals surface area contributed by atoms with Crippen LogP contribution >= 0.6 is 11.3 Å². The molecule has 1 amide bonds. The number of hydrogen-bond donors (Lipinski definition) is 1. The predicted molar refractivity (Wildman–Crippen MR) is 106 cm³/mol. The van der Waals surface area contributed by atoms with Gasteiger partial charge in [-0.25, -0.2) is 4.98 Å². The van der Waals surface area contributed by atoms with Crippen LogP contribution < -0.4 is 4.74 Å². The second-order valence-electron chi connectivity index (χ2n) is 6.09. The molecule has 0 saturated heterocycles. The normalized spacial score (nSPS) is 10.6. The molecule has 0 unspecified atom stereocenters. The van der Waals surface area contributed by atoms with Crippen LogP contribution in [0.4, 0.5) is 0 Å². The van der Waals surface area contributed by atoms with Gasteiger partial charge in [-0.2, -0.15) is 0 Å². The number of ether oxygens (including phenoxy) is 1. The number of carbonyl (C=O) groups excluding carboxylic acids is 1. The van der Waals surface area contributed by atoms with Crippen LogP contribution in [-0.4, -0.2) is 41.2 Å². The second-order valence-corrected chi connectivity index (χ2v) is 7.03. The number of carbonyl (C=O) groups is 1. The van der Waals surface area contributed by atoms with E-state index in [1.54, 1.807) is 17.4 Å². The summed E-state index contributed by atoms with van der Waals surface area (Å²) in [4.78, 5) is 19.0. The molecule has 2 aromatic carbocycles. The Hall–Kier alpha value is -2.70. The van der Waals surface area contributed by atoms with E-state index in [0.717, 1.165) is 21.9 Å². The topological polar surface area (TPSA) is 62.7 Å². The van der Waals surface area contributed by atoms with E-state index in [-0.39, 0.29) is 19.1 Å². The van der Waals surface area contributed by atoms with Crippen LogP contribution in [0.2, 0.25) is 0 Å². The smallest absolute Gasteiger partial charge is 0.273 e. The van der Waals surface area contributed by atoms with Gasteiger partial charge in [0.05, 0.1) is 18.7 Å². The summed E-state index contributed by atoms with van der Waals surface area (Å²) in [6.07, 6.45) is 0.667. The number of amides is 1. The van der Waals surface area contributed by atoms with Gasteiger partial charge in [0.2, 0.25) is 0 Å². The maximum atomic E-state index is 12.8.